The molecule has 0 aliphatic carbocycles. The zero-order chi connectivity index (χ0) is 19.9. The minimum absolute atomic E-state index is 0.131. The van der Waals surface area contributed by atoms with Gasteiger partial charge >= 0.3 is 12.2 Å². The summed E-state index contributed by atoms with van der Waals surface area (Å²) >= 11 is 0. The molecule has 27 heavy (non-hydrogen) atoms. The van der Waals surface area contributed by atoms with Crippen molar-refractivity contribution in [1.82, 2.24) is 9.97 Å². The fourth-order valence-electron chi connectivity index (χ4n) is 2.53. The number of methoxy groups -OCH3 is 1. The predicted octanol–water partition coefficient (Wildman–Crippen LogP) is 5.23. The van der Waals surface area contributed by atoms with Crippen LogP contribution in [0.15, 0.2) is 30.5 Å². The van der Waals surface area contributed by atoms with Gasteiger partial charge in [0.25, 0.3) is 0 Å². The summed E-state index contributed by atoms with van der Waals surface area (Å²) in [5, 5.41) is 0. The molecular weight excluding hydrogens is 359 g/mol. The summed E-state index contributed by atoms with van der Waals surface area (Å²) in [6, 6.07) is 6.77. The molecule has 1 aromatic carbocycles. The van der Waals surface area contributed by atoms with Crippen molar-refractivity contribution in [1.29, 1.82) is 0 Å². The maximum atomic E-state index is 13.3. The molecule has 2 rings (SSSR count). The molecule has 0 unspecified atom stereocenters. The Morgan fingerprint density at radius 2 is 1.93 bits per heavy atom. The highest BCUT2D eigenvalue weighted by Gasteiger charge is 2.36. The summed E-state index contributed by atoms with van der Waals surface area (Å²) in [7, 11) is 2.82. The Balaban J connectivity index is 2.22. The lowest BCUT2D eigenvalue weighted by molar-refractivity contribution is -0.137. The van der Waals surface area contributed by atoms with E-state index in [0.29, 0.717) is 18.0 Å². The highest BCUT2D eigenvalue weighted by atomic mass is 19.4. The zero-order valence-electron chi connectivity index (χ0n) is 15.7. The van der Waals surface area contributed by atoms with Crippen LogP contribution in [0, 0.1) is 0 Å². The van der Waals surface area contributed by atoms with Gasteiger partial charge in [0.05, 0.1) is 13.7 Å². The van der Waals surface area contributed by atoms with Crippen LogP contribution >= 0.6 is 0 Å². The first-order valence-corrected chi connectivity index (χ1v) is 8.81. The SMILES string of the molecule is CCCCCCOc1cccc(N(C)c2nc(OC)ncc2C(F)(F)F)c1. The molecule has 0 radical (unpaired) electrons. The molecule has 0 aliphatic rings. The van der Waals surface area contributed by atoms with E-state index >= 15 is 0 Å². The van der Waals surface area contributed by atoms with Gasteiger partial charge in [-0.1, -0.05) is 32.3 Å². The average molecular weight is 383 g/mol. The Labute approximate surface area is 157 Å². The monoisotopic (exact) mass is 383 g/mol. The lowest BCUT2D eigenvalue weighted by Gasteiger charge is -2.23. The molecule has 1 aromatic heterocycles. The number of alkyl halides is 3. The van der Waals surface area contributed by atoms with Crippen molar-refractivity contribution in [2.24, 2.45) is 0 Å². The molecule has 8 heteroatoms. The molecule has 5 nitrogen and oxygen atoms in total. The number of hydrogen-bond acceptors (Lipinski definition) is 5. The number of aromatic nitrogens is 2. The molecule has 0 fully saturated rings. The maximum Gasteiger partial charge on any atom is 0.421 e. The first kappa shape index (κ1) is 20.8. The number of nitrogens with zero attached hydrogens (tertiary/aromatic N) is 3. The second-order valence-corrected chi connectivity index (χ2v) is 6.06. The fraction of sp³-hybridized carbons (Fsp3) is 0.474. The third kappa shape index (κ3) is 5.74. The van der Waals surface area contributed by atoms with Gasteiger partial charge in [0.15, 0.2) is 5.82 Å². The van der Waals surface area contributed by atoms with Crippen molar-refractivity contribution in [2.75, 3.05) is 25.7 Å². The van der Waals surface area contributed by atoms with E-state index in [-0.39, 0.29) is 11.8 Å². The van der Waals surface area contributed by atoms with Crippen molar-refractivity contribution in [3.8, 4) is 11.8 Å². The first-order chi connectivity index (χ1) is 12.9. The summed E-state index contributed by atoms with van der Waals surface area (Å²) in [5.74, 6) is 0.319. The van der Waals surface area contributed by atoms with Gasteiger partial charge in [-0.25, -0.2) is 4.98 Å². The van der Waals surface area contributed by atoms with Gasteiger partial charge < -0.3 is 14.4 Å². The van der Waals surface area contributed by atoms with E-state index in [9.17, 15) is 13.2 Å². The van der Waals surface area contributed by atoms with Crippen LogP contribution in [0.3, 0.4) is 0 Å². The van der Waals surface area contributed by atoms with Gasteiger partial charge in [-0.3, -0.25) is 0 Å². The van der Waals surface area contributed by atoms with Crippen molar-refractivity contribution >= 4 is 11.5 Å². The van der Waals surface area contributed by atoms with E-state index in [4.69, 9.17) is 9.47 Å². The molecule has 0 atom stereocenters. The molecule has 0 saturated heterocycles. The van der Waals surface area contributed by atoms with E-state index in [1.54, 1.807) is 24.3 Å². The van der Waals surface area contributed by atoms with Crippen LogP contribution in [0.4, 0.5) is 24.7 Å². The highest BCUT2D eigenvalue weighted by molar-refractivity contribution is 5.64. The van der Waals surface area contributed by atoms with Crippen molar-refractivity contribution < 1.29 is 22.6 Å². The maximum absolute atomic E-state index is 13.3. The molecule has 2 aromatic rings. The molecular formula is C19H24F3N3O2. The van der Waals surface area contributed by atoms with Crippen LogP contribution in [0.1, 0.15) is 38.2 Å². The van der Waals surface area contributed by atoms with E-state index in [1.165, 1.54) is 19.1 Å². The molecule has 148 valence electrons. The largest absolute Gasteiger partial charge is 0.494 e. The molecule has 0 spiro atoms. The summed E-state index contributed by atoms with van der Waals surface area (Å²) in [4.78, 5) is 8.81. The van der Waals surface area contributed by atoms with Crippen LogP contribution in [0.5, 0.6) is 11.8 Å². The Kier molecular flexibility index (Phi) is 7.27. The van der Waals surface area contributed by atoms with Crippen molar-refractivity contribution in [3.05, 3.63) is 36.0 Å². The van der Waals surface area contributed by atoms with E-state index < -0.39 is 11.7 Å². The lowest BCUT2D eigenvalue weighted by Crippen LogP contribution is -2.19. The zero-order valence-corrected chi connectivity index (χ0v) is 15.7. The van der Waals surface area contributed by atoms with E-state index in [0.717, 1.165) is 31.9 Å². The Hall–Kier alpha value is -2.51. The number of unbranched alkanes of at least 4 members (excludes halogenated alkanes) is 3. The van der Waals surface area contributed by atoms with Crippen LogP contribution in [0.25, 0.3) is 0 Å². The third-order valence-corrected chi connectivity index (χ3v) is 4.02. The second-order valence-electron chi connectivity index (χ2n) is 6.06. The molecule has 0 bridgehead atoms. The van der Waals surface area contributed by atoms with Gasteiger partial charge in [-0.2, -0.15) is 18.2 Å². The van der Waals surface area contributed by atoms with Crippen LogP contribution < -0.4 is 14.4 Å². The molecule has 0 aliphatic heterocycles. The van der Waals surface area contributed by atoms with Crippen molar-refractivity contribution in [2.45, 2.75) is 38.8 Å². The number of benzene rings is 1. The first-order valence-electron chi connectivity index (χ1n) is 8.81. The van der Waals surface area contributed by atoms with Gasteiger partial charge in [0, 0.05) is 25.0 Å². The Bertz CT molecular complexity index is 738. The minimum Gasteiger partial charge on any atom is -0.494 e. The standard InChI is InChI=1S/C19H24F3N3O2/c1-4-5-6-7-11-27-15-10-8-9-14(12-15)25(2)17-16(19(20,21)22)13-23-18(24-17)26-3/h8-10,12-13H,4-7,11H2,1-3H3. The van der Waals surface area contributed by atoms with E-state index in [2.05, 4.69) is 16.9 Å². The molecule has 0 amide bonds. The number of halogens is 3. The third-order valence-electron chi connectivity index (χ3n) is 4.02. The van der Waals surface area contributed by atoms with E-state index in [1.807, 2.05) is 0 Å². The summed E-state index contributed by atoms with van der Waals surface area (Å²) < 4.78 is 50.6. The normalized spacial score (nSPS) is 11.3. The number of ether oxygens (including phenoxy) is 2. The Morgan fingerprint density at radius 3 is 2.59 bits per heavy atom. The number of rotatable bonds is 9. The quantitative estimate of drug-likeness (QED) is 0.555. The van der Waals surface area contributed by atoms with Gasteiger partial charge in [-0.15, -0.1) is 0 Å². The topological polar surface area (TPSA) is 47.5 Å². The van der Waals surface area contributed by atoms with Crippen molar-refractivity contribution in [3.63, 3.8) is 0 Å². The van der Waals surface area contributed by atoms with Crippen LogP contribution in [0.2, 0.25) is 0 Å². The highest BCUT2D eigenvalue weighted by Crippen LogP contribution is 2.38. The summed E-state index contributed by atoms with van der Waals surface area (Å²) in [5.41, 5.74) is -0.413. The summed E-state index contributed by atoms with van der Waals surface area (Å²) in [6.07, 6.45) is 0.474. The molecule has 0 N–H and O–H groups in total. The second kappa shape index (κ2) is 9.43. The fourth-order valence-corrected chi connectivity index (χ4v) is 2.53. The predicted molar refractivity (Wildman–Crippen MR) is 97.7 cm³/mol. The van der Waals surface area contributed by atoms with Gasteiger partial charge in [0.1, 0.15) is 11.3 Å². The Morgan fingerprint density at radius 1 is 1.15 bits per heavy atom. The lowest BCUT2D eigenvalue weighted by atomic mass is 10.2. The van der Waals surface area contributed by atoms with Crippen LogP contribution in [-0.4, -0.2) is 30.7 Å². The average Bonchev–Trinajstić information content (AvgIpc) is 2.66. The number of hydrogen-bond donors (Lipinski definition) is 0. The van der Waals surface area contributed by atoms with Crippen LogP contribution in [-0.2, 0) is 6.18 Å². The number of anilines is 2. The van der Waals surface area contributed by atoms with Gasteiger partial charge in [-0.05, 0) is 18.6 Å². The van der Waals surface area contributed by atoms with Gasteiger partial charge in [0.2, 0.25) is 0 Å². The molecule has 1 heterocycles. The molecule has 0 saturated carbocycles. The minimum atomic E-state index is -4.58. The summed E-state index contributed by atoms with van der Waals surface area (Å²) in [6.45, 7) is 2.71. The smallest absolute Gasteiger partial charge is 0.421 e.